The lowest BCUT2D eigenvalue weighted by Gasteiger charge is -2.13. The van der Waals surface area contributed by atoms with Crippen LogP contribution in [0.2, 0.25) is 0 Å². The molecule has 1 fully saturated rings. The number of hydrogen-bond donors (Lipinski definition) is 0. The predicted octanol–water partition coefficient (Wildman–Crippen LogP) is 1.51. The Morgan fingerprint density at radius 1 is 1.21 bits per heavy atom. The molecule has 104 valence electrons. The number of ketones is 1. The zero-order valence-corrected chi connectivity index (χ0v) is 12.0. The number of Topliss-reactive ketones (excluding diaryl/α,β-unsaturated/α-hetero) is 1. The first kappa shape index (κ1) is 13.0. The van der Waals surface area contributed by atoms with E-state index < -0.39 is 0 Å². The molecule has 1 aromatic heterocycles. The Morgan fingerprint density at radius 2 is 1.89 bits per heavy atom. The number of methoxy groups -OCH3 is 2. The molecule has 0 N–H and O–H groups in total. The van der Waals surface area contributed by atoms with E-state index in [1.54, 1.807) is 25.6 Å². The fraction of sp³-hybridized carbons (Fsp3) is 0.692. The van der Waals surface area contributed by atoms with E-state index in [9.17, 15) is 4.79 Å². The van der Waals surface area contributed by atoms with Gasteiger partial charge in [-0.05, 0) is 12.8 Å². The lowest BCUT2D eigenvalue weighted by Crippen LogP contribution is -2.27. The highest BCUT2D eigenvalue weighted by Gasteiger charge is 2.35. The minimum atomic E-state index is 0.0710. The number of fused-ring (bicyclic) bond motifs is 1. The van der Waals surface area contributed by atoms with E-state index in [1.165, 1.54) is 0 Å². The highest BCUT2D eigenvalue weighted by molar-refractivity contribution is 7.16. The van der Waals surface area contributed by atoms with Crippen molar-refractivity contribution in [3.05, 3.63) is 10.6 Å². The molecule has 1 aliphatic heterocycles. The van der Waals surface area contributed by atoms with Gasteiger partial charge in [0, 0.05) is 38.6 Å². The van der Waals surface area contributed by atoms with Crippen LogP contribution in [0.3, 0.4) is 0 Å². The lowest BCUT2D eigenvalue weighted by molar-refractivity contribution is -0.00461. The van der Waals surface area contributed by atoms with Crippen LogP contribution in [-0.2, 0) is 15.9 Å². The second-order valence-corrected chi connectivity index (χ2v) is 6.06. The summed E-state index contributed by atoms with van der Waals surface area (Å²) in [4.78, 5) is 19.7. The number of anilines is 1. The molecule has 0 bridgehead atoms. The standard InChI is InChI=1S/C13H18N2O3S/c1-17-9-6-15(7-10(9)18-2)13-14-12-8(16)4-3-5-11(12)19-13/h9-10H,3-7H2,1-2H3. The molecule has 0 aromatic carbocycles. The highest BCUT2D eigenvalue weighted by atomic mass is 32.1. The summed E-state index contributed by atoms with van der Waals surface area (Å²) in [5.74, 6) is 0.189. The average molecular weight is 282 g/mol. The van der Waals surface area contributed by atoms with Crippen LogP contribution in [0.5, 0.6) is 0 Å². The van der Waals surface area contributed by atoms with Crippen LogP contribution >= 0.6 is 11.3 Å². The van der Waals surface area contributed by atoms with Crippen molar-refractivity contribution in [2.45, 2.75) is 31.5 Å². The molecule has 0 saturated carbocycles. The van der Waals surface area contributed by atoms with Gasteiger partial charge in [-0.3, -0.25) is 4.79 Å². The molecule has 2 atom stereocenters. The molecule has 2 aliphatic rings. The van der Waals surface area contributed by atoms with Crippen LogP contribution in [-0.4, -0.2) is 50.3 Å². The molecule has 2 heterocycles. The van der Waals surface area contributed by atoms with Crippen LogP contribution in [0.1, 0.15) is 28.2 Å². The van der Waals surface area contributed by atoms with Crippen molar-refractivity contribution in [2.24, 2.45) is 0 Å². The van der Waals surface area contributed by atoms with E-state index in [1.807, 2.05) is 0 Å². The molecule has 1 aliphatic carbocycles. The first-order valence-corrected chi connectivity index (χ1v) is 7.38. The van der Waals surface area contributed by atoms with Crippen LogP contribution in [0.4, 0.5) is 5.13 Å². The largest absolute Gasteiger partial charge is 0.377 e. The van der Waals surface area contributed by atoms with Crippen molar-refractivity contribution in [3.8, 4) is 0 Å². The van der Waals surface area contributed by atoms with Gasteiger partial charge in [0.2, 0.25) is 0 Å². The molecule has 0 amide bonds. The first-order chi connectivity index (χ1) is 9.22. The summed E-state index contributed by atoms with van der Waals surface area (Å²) >= 11 is 1.64. The van der Waals surface area contributed by atoms with E-state index in [0.29, 0.717) is 12.1 Å². The van der Waals surface area contributed by atoms with Crippen LogP contribution < -0.4 is 4.90 Å². The van der Waals surface area contributed by atoms with E-state index in [0.717, 1.165) is 35.9 Å². The summed E-state index contributed by atoms with van der Waals surface area (Å²) in [7, 11) is 3.41. The molecule has 3 rings (SSSR count). The number of aryl methyl sites for hydroxylation is 1. The second kappa shape index (κ2) is 5.19. The van der Waals surface area contributed by atoms with Gasteiger partial charge in [-0.1, -0.05) is 0 Å². The van der Waals surface area contributed by atoms with Gasteiger partial charge in [0.05, 0.1) is 0 Å². The fourth-order valence-electron chi connectivity index (χ4n) is 2.74. The number of carbonyl (C=O) groups excluding carboxylic acids is 1. The number of nitrogens with zero attached hydrogens (tertiary/aromatic N) is 2. The molecule has 5 nitrogen and oxygen atoms in total. The highest BCUT2D eigenvalue weighted by Crippen LogP contribution is 2.33. The molecule has 19 heavy (non-hydrogen) atoms. The van der Waals surface area contributed by atoms with Gasteiger partial charge < -0.3 is 14.4 Å². The summed E-state index contributed by atoms with van der Waals surface area (Å²) < 4.78 is 10.9. The summed E-state index contributed by atoms with van der Waals surface area (Å²) in [6.07, 6.45) is 2.71. The van der Waals surface area contributed by atoms with Crippen LogP contribution in [0.25, 0.3) is 0 Å². The van der Waals surface area contributed by atoms with Gasteiger partial charge in [0.15, 0.2) is 10.9 Å². The van der Waals surface area contributed by atoms with Crippen LogP contribution in [0.15, 0.2) is 0 Å². The fourth-order valence-corrected chi connectivity index (χ4v) is 3.88. The molecular weight excluding hydrogens is 264 g/mol. The summed E-state index contributed by atoms with van der Waals surface area (Å²) in [6.45, 7) is 1.55. The van der Waals surface area contributed by atoms with Gasteiger partial charge in [0.25, 0.3) is 0 Å². The molecule has 0 spiro atoms. The molecule has 1 aromatic rings. The van der Waals surface area contributed by atoms with Crippen molar-refractivity contribution in [1.82, 2.24) is 4.98 Å². The second-order valence-electron chi connectivity index (χ2n) is 5.00. The number of aromatic nitrogens is 1. The van der Waals surface area contributed by atoms with E-state index in [-0.39, 0.29) is 18.0 Å². The Hall–Kier alpha value is -0.980. The zero-order chi connectivity index (χ0) is 13.4. The quantitative estimate of drug-likeness (QED) is 0.841. The summed E-state index contributed by atoms with van der Waals surface area (Å²) in [6, 6.07) is 0. The van der Waals surface area contributed by atoms with Gasteiger partial charge in [-0.2, -0.15) is 0 Å². The maximum Gasteiger partial charge on any atom is 0.186 e. The minimum absolute atomic E-state index is 0.0710. The minimum Gasteiger partial charge on any atom is -0.377 e. The Balaban J connectivity index is 1.82. The monoisotopic (exact) mass is 282 g/mol. The van der Waals surface area contributed by atoms with Crippen molar-refractivity contribution < 1.29 is 14.3 Å². The van der Waals surface area contributed by atoms with Gasteiger partial charge >= 0.3 is 0 Å². The van der Waals surface area contributed by atoms with Gasteiger partial charge in [-0.15, -0.1) is 11.3 Å². The van der Waals surface area contributed by atoms with Crippen molar-refractivity contribution in [1.29, 1.82) is 0 Å². The molecule has 1 saturated heterocycles. The SMILES string of the molecule is COC1CN(c2nc3c(s2)CCCC3=O)CC1OC. The third kappa shape index (κ3) is 2.28. The molecule has 0 radical (unpaired) electrons. The van der Waals surface area contributed by atoms with Crippen molar-refractivity contribution >= 4 is 22.3 Å². The average Bonchev–Trinajstić information content (AvgIpc) is 3.02. The van der Waals surface area contributed by atoms with Gasteiger partial charge in [-0.25, -0.2) is 4.98 Å². The van der Waals surface area contributed by atoms with Crippen molar-refractivity contribution in [3.63, 3.8) is 0 Å². The Labute approximate surface area is 116 Å². The summed E-state index contributed by atoms with van der Waals surface area (Å²) in [5, 5.41) is 0.932. The third-order valence-corrected chi connectivity index (χ3v) is 5.03. The normalized spacial score (nSPS) is 26.8. The molecular formula is C13H18N2O3S. The van der Waals surface area contributed by atoms with Crippen molar-refractivity contribution in [2.75, 3.05) is 32.2 Å². The van der Waals surface area contributed by atoms with E-state index in [4.69, 9.17) is 9.47 Å². The predicted molar refractivity (Wildman–Crippen MR) is 73.2 cm³/mol. The Morgan fingerprint density at radius 3 is 2.47 bits per heavy atom. The Bertz CT molecular complexity index is 476. The first-order valence-electron chi connectivity index (χ1n) is 6.56. The maximum atomic E-state index is 11.8. The number of ether oxygens (including phenoxy) is 2. The number of hydrogen-bond acceptors (Lipinski definition) is 6. The number of carbonyl (C=O) groups is 1. The number of rotatable bonds is 3. The van der Waals surface area contributed by atoms with E-state index >= 15 is 0 Å². The topological polar surface area (TPSA) is 51.7 Å². The summed E-state index contributed by atoms with van der Waals surface area (Å²) in [5.41, 5.74) is 0.695. The van der Waals surface area contributed by atoms with Gasteiger partial charge in [0.1, 0.15) is 17.9 Å². The molecule has 6 heteroatoms. The number of thiazole rings is 1. The van der Waals surface area contributed by atoms with E-state index in [2.05, 4.69) is 9.88 Å². The lowest BCUT2D eigenvalue weighted by atomic mass is 10.0. The smallest absolute Gasteiger partial charge is 0.186 e. The van der Waals surface area contributed by atoms with Crippen LogP contribution in [0, 0.1) is 0 Å². The Kier molecular flexibility index (Phi) is 3.56. The maximum absolute atomic E-state index is 11.8. The molecule has 2 unspecified atom stereocenters. The third-order valence-electron chi connectivity index (χ3n) is 3.85. The zero-order valence-electron chi connectivity index (χ0n) is 11.2.